The van der Waals surface area contributed by atoms with Crippen molar-refractivity contribution in [2.45, 2.75) is 32.6 Å². The molecular weight excluding hydrogens is 236 g/mol. The third-order valence-corrected chi connectivity index (χ3v) is 4.12. The van der Waals surface area contributed by atoms with Gasteiger partial charge in [-0.05, 0) is 37.8 Å². The summed E-state index contributed by atoms with van der Waals surface area (Å²) >= 11 is 0. The zero-order chi connectivity index (χ0) is 13.2. The van der Waals surface area contributed by atoms with Gasteiger partial charge in [-0.15, -0.1) is 0 Å². The SMILES string of the molecule is CCN(CC)c1conc1C1Cc2ccccc2C1. The van der Waals surface area contributed by atoms with E-state index >= 15 is 0 Å². The number of rotatable bonds is 4. The van der Waals surface area contributed by atoms with Crippen LogP contribution in [-0.4, -0.2) is 18.2 Å². The van der Waals surface area contributed by atoms with Crippen molar-refractivity contribution in [2.24, 2.45) is 0 Å². The predicted molar refractivity (Wildman–Crippen MR) is 76.7 cm³/mol. The molecule has 3 rings (SSSR count). The van der Waals surface area contributed by atoms with Crippen LogP contribution in [0.4, 0.5) is 5.69 Å². The number of nitrogens with zero attached hydrogens (tertiary/aromatic N) is 2. The van der Waals surface area contributed by atoms with Gasteiger partial charge in [-0.25, -0.2) is 0 Å². The highest BCUT2D eigenvalue weighted by Gasteiger charge is 2.28. The minimum absolute atomic E-state index is 0.465. The van der Waals surface area contributed by atoms with Gasteiger partial charge in [-0.2, -0.15) is 0 Å². The quantitative estimate of drug-likeness (QED) is 0.839. The molecule has 3 heteroatoms. The van der Waals surface area contributed by atoms with Crippen LogP contribution in [0, 0.1) is 0 Å². The molecule has 0 spiro atoms. The van der Waals surface area contributed by atoms with Crippen LogP contribution >= 0.6 is 0 Å². The molecular formula is C16H20N2O. The van der Waals surface area contributed by atoms with E-state index in [0.29, 0.717) is 5.92 Å². The minimum atomic E-state index is 0.465. The monoisotopic (exact) mass is 256 g/mol. The van der Waals surface area contributed by atoms with E-state index in [0.717, 1.165) is 31.6 Å². The molecule has 19 heavy (non-hydrogen) atoms. The molecule has 0 atom stereocenters. The number of aromatic nitrogens is 1. The lowest BCUT2D eigenvalue weighted by molar-refractivity contribution is 0.405. The molecule has 0 radical (unpaired) electrons. The molecule has 1 aromatic carbocycles. The molecule has 0 fully saturated rings. The maximum atomic E-state index is 5.25. The second kappa shape index (κ2) is 5.08. The lowest BCUT2D eigenvalue weighted by Crippen LogP contribution is -2.23. The molecule has 1 aliphatic rings. The van der Waals surface area contributed by atoms with Crippen molar-refractivity contribution in [3.05, 3.63) is 47.3 Å². The van der Waals surface area contributed by atoms with Gasteiger partial charge in [0.25, 0.3) is 0 Å². The van der Waals surface area contributed by atoms with Crippen molar-refractivity contribution < 1.29 is 4.52 Å². The molecule has 0 saturated carbocycles. The summed E-state index contributed by atoms with van der Waals surface area (Å²) in [5.74, 6) is 0.465. The molecule has 0 amide bonds. The van der Waals surface area contributed by atoms with Gasteiger partial charge in [0, 0.05) is 19.0 Å². The molecule has 0 saturated heterocycles. The molecule has 2 aromatic rings. The van der Waals surface area contributed by atoms with Crippen molar-refractivity contribution in [3.8, 4) is 0 Å². The number of benzene rings is 1. The van der Waals surface area contributed by atoms with Gasteiger partial charge in [0.05, 0.1) is 0 Å². The van der Waals surface area contributed by atoms with Crippen LogP contribution in [0.15, 0.2) is 35.1 Å². The molecule has 0 N–H and O–H groups in total. The first-order chi connectivity index (χ1) is 9.33. The Morgan fingerprint density at radius 2 is 1.79 bits per heavy atom. The topological polar surface area (TPSA) is 29.3 Å². The molecule has 0 unspecified atom stereocenters. The molecule has 3 nitrogen and oxygen atoms in total. The van der Waals surface area contributed by atoms with Crippen LogP contribution < -0.4 is 4.90 Å². The van der Waals surface area contributed by atoms with Gasteiger partial charge in [0.1, 0.15) is 17.6 Å². The zero-order valence-corrected chi connectivity index (χ0v) is 11.6. The fraction of sp³-hybridized carbons (Fsp3) is 0.438. The van der Waals surface area contributed by atoms with Gasteiger partial charge in [-0.3, -0.25) is 0 Å². The third-order valence-electron chi connectivity index (χ3n) is 4.12. The Morgan fingerprint density at radius 3 is 2.37 bits per heavy atom. The van der Waals surface area contributed by atoms with Gasteiger partial charge >= 0.3 is 0 Å². The van der Waals surface area contributed by atoms with E-state index in [1.165, 1.54) is 16.8 Å². The Kier molecular flexibility index (Phi) is 3.28. The highest BCUT2D eigenvalue weighted by Crippen LogP contribution is 2.37. The summed E-state index contributed by atoms with van der Waals surface area (Å²) in [5, 5.41) is 4.28. The van der Waals surface area contributed by atoms with E-state index in [9.17, 15) is 0 Å². The Balaban J connectivity index is 1.88. The highest BCUT2D eigenvalue weighted by molar-refractivity contribution is 5.51. The average molecular weight is 256 g/mol. The lowest BCUT2D eigenvalue weighted by Gasteiger charge is -2.21. The van der Waals surface area contributed by atoms with Gasteiger partial charge in [0.2, 0.25) is 0 Å². The molecule has 1 heterocycles. The van der Waals surface area contributed by atoms with E-state index < -0.39 is 0 Å². The van der Waals surface area contributed by atoms with Crippen LogP contribution in [-0.2, 0) is 12.8 Å². The van der Waals surface area contributed by atoms with Crippen LogP contribution in [0.3, 0.4) is 0 Å². The highest BCUT2D eigenvalue weighted by atomic mass is 16.5. The first-order valence-corrected chi connectivity index (χ1v) is 7.09. The summed E-state index contributed by atoms with van der Waals surface area (Å²) in [4.78, 5) is 2.31. The number of hydrogen-bond acceptors (Lipinski definition) is 3. The van der Waals surface area contributed by atoms with Crippen molar-refractivity contribution >= 4 is 5.69 Å². The largest absolute Gasteiger partial charge is 0.368 e. The van der Waals surface area contributed by atoms with E-state index in [1.54, 1.807) is 6.26 Å². The standard InChI is InChI=1S/C16H20N2O/c1-3-18(4-2)15-11-19-17-16(15)14-9-12-7-5-6-8-13(12)10-14/h5-8,11,14H,3-4,9-10H2,1-2H3. The van der Waals surface area contributed by atoms with Crippen LogP contribution in [0.5, 0.6) is 0 Å². The van der Waals surface area contributed by atoms with E-state index in [2.05, 4.69) is 48.2 Å². The second-order valence-electron chi connectivity index (χ2n) is 5.13. The summed E-state index contributed by atoms with van der Waals surface area (Å²) in [6.07, 6.45) is 3.96. The first-order valence-electron chi connectivity index (χ1n) is 7.09. The zero-order valence-electron chi connectivity index (χ0n) is 11.6. The Labute approximate surface area is 114 Å². The van der Waals surface area contributed by atoms with Gasteiger partial charge in [-0.1, -0.05) is 29.4 Å². The van der Waals surface area contributed by atoms with Crippen molar-refractivity contribution in [2.75, 3.05) is 18.0 Å². The van der Waals surface area contributed by atoms with Gasteiger partial charge < -0.3 is 9.42 Å². The number of anilines is 1. The summed E-state index contributed by atoms with van der Waals surface area (Å²) in [6.45, 7) is 6.32. The fourth-order valence-electron chi connectivity index (χ4n) is 3.08. The van der Waals surface area contributed by atoms with E-state index in [4.69, 9.17) is 4.52 Å². The smallest absolute Gasteiger partial charge is 0.147 e. The summed E-state index contributed by atoms with van der Waals surface area (Å²) in [5.41, 5.74) is 5.21. The molecule has 1 aromatic heterocycles. The number of fused-ring (bicyclic) bond motifs is 1. The van der Waals surface area contributed by atoms with Crippen molar-refractivity contribution in [3.63, 3.8) is 0 Å². The third kappa shape index (κ3) is 2.14. The van der Waals surface area contributed by atoms with Crippen LogP contribution in [0.2, 0.25) is 0 Å². The van der Waals surface area contributed by atoms with Gasteiger partial charge in [0.15, 0.2) is 0 Å². The maximum absolute atomic E-state index is 5.25. The lowest BCUT2D eigenvalue weighted by atomic mass is 10.0. The van der Waals surface area contributed by atoms with Crippen molar-refractivity contribution in [1.82, 2.24) is 5.16 Å². The maximum Gasteiger partial charge on any atom is 0.147 e. The van der Waals surface area contributed by atoms with E-state index in [1.807, 2.05) is 0 Å². The molecule has 0 aliphatic heterocycles. The summed E-state index contributed by atoms with van der Waals surface area (Å²) in [6, 6.07) is 8.70. The molecule has 100 valence electrons. The van der Waals surface area contributed by atoms with E-state index in [-0.39, 0.29) is 0 Å². The predicted octanol–water partition coefficient (Wildman–Crippen LogP) is 3.40. The second-order valence-corrected chi connectivity index (χ2v) is 5.13. The van der Waals surface area contributed by atoms with Crippen LogP contribution in [0.1, 0.15) is 36.6 Å². The Morgan fingerprint density at radius 1 is 1.16 bits per heavy atom. The molecule has 1 aliphatic carbocycles. The normalized spacial score (nSPS) is 14.6. The molecule has 0 bridgehead atoms. The van der Waals surface area contributed by atoms with Crippen LogP contribution in [0.25, 0.3) is 0 Å². The average Bonchev–Trinajstić information content (AvgIpc) is 3.05. The Bertz CT molecular complexity index is 532. The Hall–Kier alpha value is -1.77. The first kappa shape index (κ1) is 12.3. The fourth-order valence-corrected chi connectivity index (χ4v) is 3.08. The minimum Gasteiger partial charge on any atom is -0.368 e. The number of hydrogen-bond donors (Lipinski definition) is 0. The summed E-state index contributed by atoms with van der Waals surface area (Å²) < 4.78 is 5.25. The van der Waals surface area contributed by atoms with Crippen molar-refractivity contribution in [1.29, 1.82) is 0 Å². The summed E-state index contributed by atoms with van der Waals surface area (Å²) in [7, 11) is 0.